The maximum absolute atomic E-state index is 14.0. The van der Waals surface area contributed by atoms with Crippen LogP contribution < -0.4 is 20.5 Å². The predicted octanol–water partition coefficient (Wildman–Crippen LogP) is 3.69. The third-order valence-corrected chi connectivity index (χ3v) is 4.27. The molecule has 6 heteroatoms. The molecular formula is C20H24FN3O2. The monoisotopic (exact) mass is 357 g/mol. The average molecular weight is 357 g/mol. The predicted molar refractivity (Wildman–Crippen MR) is 102 cm³/mol. The first-order valence-electron chi connectivity index (χ1n) is 8.67. The summed E-state index contributed by atoms with van der Waals surface area (Å²) < 4.78 is 25.3. The highest BCUT2D eigenvalue weighted by Gasteiger charge is 2.23. The molecule has 0 aliphatic carbocycles. The summed E-state index contributed by atoms with van der Waals surface area (Å²) in [5.74, 6) is 1.45. The van der Waals surface area contributed by atoms with Crippen LogP contribution in [0.2, 0.25) is 0 Å². The van der Waals surface area contributed by atoms with Gasteiger partial charge in [0.1, 0.15) is 5.82 Å². The lowest BCUT2D eigenvalue weighted by Crippen LogP contribution is -2.28. The Hall–Kier alpha value is -2.76. The summed E-state index contributed by atoms with van der Waals surface area (Å²) >= 11 is 0. The quantitative estimate of drug-likeness (QED) is 0.647. The number of anilines is 1. The van der Waals surface area contributed by atoms with E-state index in [1.54, 1.807) is 12.1 Å². The Bertz CT molecular complexity index is 805. The van der Waals surface area contributed by atoms with Crippen LogP contribution in [0.1, 0.15) is 25.8 Å². The van der Waals surface area contributed by atoms with Gasteiger partial charge >= 0.3 is 0 Å². The molecule has 0 fully saturated rings. The van der Waals surface area contributed by atoms with Crippen molar-refractivity contribution >= 4 is 11.6 Å². The summed E-state index contributed by atoms with van der Waals surface area (Å²) in [6.07, 6.45) is 0.853. The number of nitrogens with one attached hydrogen (secondary N) is 1. The highest BCUT2D eigenvalue weighted by molar-refractivity contribution is 5.92. The van der Waals surface area contributed by atoms with E-state index in [0.29, 0.717) is 31.1 Å². The van der Waals surface area contributed by atoms with Crippen molar-refractivity contribution in [3.05, 3.63) is 53.8 Å². The zero-order chi connectivity index (χ0) is 18.6. The minimum absolute atomic E-state index is 0.234. The van der Waals surface area contributed by atoms with Crippen molar-refractivity contribution in [2.45, 2.75) is 25.7 Å². The summed E-state index contributed by atoms with van der Waals surface area (Å²) in [4.78, 5) is 4.38. The fourth-order valence-corrected chi connectivity index (χ4v) is 2.81. The molecule has 0 unspecified atom stereocenters. The lowest BCUT2D eigenvalue weighted by atomic mass is 9.84. The second-order valence-corrected chi connectivity index (χ2v) is 6.90. The molecule has 2 aromatic carbocycles. The van der Waals surface area contributed by atoms with Crippen LogP contribution in [0.4, 0.5) is 10.1 Å². The van der Waals surface area contributed by atoms with Gasteiger partial charge in [0.25, 0.3) is 0 Å². The van der Waals surface area contributed by atoms with Crippen LogP contribution in [0.3, 0.4) is 0 Å². The summed E-state index contributed by atoms with van der Waals surface area (Å²) in [6, 6.07) is 12.3. The Morgan fingerprint density at radius 2 is 1.88 bits per heavy atom. The number of hydrogen-bond acceptors (Lipinski definition) is 3. The molecule has 1 aliphatic heterocycles. The number of nitrogens with two attached hydrogens (primary N) is 1. The van der Waals surface area contributed by atoms with E-state index in [-0.39, 0.29) is 11.8 Å². The minimum atomic E-state index is -0.470. The molecular weight excluding hydrogens is 333 g/mol. The molecule has 1 heterocycles. The van der Waals surface area contributed by atoms with E-state index in [1.165, 1.54) is 6.07 Å². The van der Waals surface area contributed by atoms with Crippen LogP contribution in [-0.2, 0) is 5.41 Å². The molecule has 0 radical (unpaired) electrons. The van der Waals surface area contributed by atoms with Crippen LogP contribution in [0.5, 0.6) is 11.5 Å². The number of rotatable bonds is 4. The van der Waals surface area contributed by atoms with Crippen molar-refractivity contribution in [3.63, 3.8) is 0 Å². The van der Waals surface area contributed by atoms with Crippen molar-refractivity contribution in [3.8, 4) is 11.5 Å². The summed E-state index contributed by atoms with van der Waals surface area (Å²) in [5, 5.41) is 3.05. The molecule has 0 aromatic heterocycles. The molecule has 0 amide bonds. The lowest BCUT2D eigenvalue weighted by Gasteiger charge is -2.23. The number of benzene rings is 2. The van der Waals surface area contributed by atoms with Gasteiger partial charge in [0.05, 0.1) is 19.8 Å². The highest BCUT2D eigenvalue weighted by atomic mass is 19.1. The van der Waals surface area contributed by atoms with Gasteiger partial charge in [-0.25, -0.2) is 4.39 Å². The summed E-state index contributed by atoms with van der Waals surface area (Å²) in [6.45, 7) is 5.51. The molecule has 1 aliphatic rings. The summed E-state index contributed by atoms with van der Waals surface area (Å²) in [5.41, 5.74) is 6.92. The van der Waals surface area contributed by atoms with Crippen LogP contribution in [-0.4, -0.2) is 25.7 Å². The van der Waals surface area contributed by atoms with Crippen molar-refractivity contribution < 1.29 is 13.9 Å². The first-order valence-corrected chi connectivity index (χ1v) is 8.67. The highest BCUT2D eigenvalue weighted by Crippen LogP contribution is 2.32. The Morgan fingerprint density at radius 1 is 1.15 bits per heavy atom. The number of fused-ring (bicyclic) bond motifs is 1. The van der Waals surface area contributed by atoms with Crippen molar-refractivity contribution in [2.75, 3.05) is 25.1 Å². The minimum Gasteiger partial charge on any atom is -0.490 e. The van der Waals surface area contributed by atoms with E-state index in [0.717, 1.165) is 17.9 Å². The Balaban J connectivity index is 1.69. The van der Waals surface area contributed by atoms with Gasteiger partial charge in [-0.2, -0.15) is 0 Å². The first kappa shape index (κ1) is 18.0. The first-order chi connectivity index (χ1) is 12.5. The van der Waals surface area contributed by atoms with Gasteiger partial charge < -0.3 is 20.5 Å². The molecule has 26 heavy (non-hydrogen) atoms. The summed E-state index contributed by atoms with van der Waals surface area (Å²) in [7, 11) is 0. The second kappa shape index (κ2) is 7.64. The van der Waals surface area contributed by atoms with E-state index >= 15 is 0 Å². The van der Waals surface area contributed by atoms with E-state index in [9.17, 15) is 4.39 Å². The van der Waals surface area contributed by atoms with E-state index in [2.05, 4.69) is 10.3 Å². The fraction of sp³-hybridized carbons (Fsp3) is 0.350. The van der Waals surface area contributed by atoms with Crippen LogP contribution >= 0.6 is 0 Å². The number of ether oxygens (including phenoxy) is 2. The second-order valence-electron chi connectivity index (χ2n) is 6.90. The standard InChI is InChI=1S/C20H24FN3O2/c1-20(2,15-6-3-4-7-16(15)21)13-23-19(22)24-14-8-9-17-18(12-14)26-11-5-10-25-17/h3-4,6-9,12H,5,10-11,13H2,1-2H3,(H3,22,23,24). The Morgan fingerprint density at radius 3 is 2.65 bits per heavy atom. The molecule has 5 nitrogen and oxygen atoms in total. The Kier molecular flexibility index (Phi) is 5.30. The number of aliphatic imine (C=N–C) groups is 1. The molecule has 0 saturated heterocycles. The van der Waals surface area contributed by atoms with Gasteiger partial charge in [-0.3, -0.25) is 4.99 Å². The molecule has 3 N–H and O–H groups in total. The van der Waals surface area contributed by atoms with Gasteiger partial charge in [-0.05, 0) is 23.8 Å². The van der Waals surface area contributed by atoms with Crippen LogP contribution in [0.15, 0.2) is 47.5 Å². The topological polar surface area (TPSA) is 68.9 Å². The molecule has 138 valence electrons. The van der Waals surface area contributed by atoms with Crippen LogP contribution in [0, 0.1) is 5.82 Å². The van der Waals surface area contributed by atoms with Gasteiger partial charge in [-0.15, -0.1) is 0 Å². The van der Waals surface area contributed by atoms with Crippen molar-refractivity contribution in [1.82, 2.24) is 0 Å². The fourth-order valence-electron chi connectivity index (χ4n) is 2.81. The number of halogens is 1. The number of hydrogen-bond donors (Lipinski definition) is 2. The molecule has 0 saturated carbocycles. The third kappa shape index (κ3) is 4.25. The van der Waals surface area contributed by atoms with Gasteiger partial charge in [0.2, 0.25) is 0 Å². The van der Waals surface area contributed by atoms with E-state index < -0.39 is 5.41 Å². The van der Waals surface area contributed by atoms with Crippen molar-refractivity contribution in [1.29, 1.82) is 0 Å². The van der Waals surface area contributed by atoms with Gasteiger partial charge in [-0.1, -0.05) is 32.0 Å². The largest absolute Gasteiger partial charge is 0.490 e. The lowest BCUT2D eigenvalue weighted by molar-refractivity contribution is 0.297. The zero-order valence-electron chi connectivity index (χ0n) is 15.1. The van der Waals surface area contributed by atoms with Gasteiger partial charge in [0.15, 0.2) is 17.5 Å². The molecule has 0 atom stereocenters. The maximum atomic E-state index is 14.0. The average Bonchev–Trinajstić information content (AvgIpc) is 2.85. The molecule has 3 rings (SSSR count). The smallest absolute Gasteiger partial charge is 0.193 e. The molecule has 0 bridgehead atoms. The van der Waals surface area contributed by atoms with E-state index in [4.69, 9.17) is 15.2 Å². The number of guanidine groups is 1. The van der Waals surface area contributed by atoms with E-state index in [1.807, 2.05) is 38.1 Å². The third-order valence-electron chi connectivity index (χ3n) is 4.27. The van der Waals surface area contributed by atoms with Crippen LogP contribution in [0.25, 0.3) is 0 Å². The number of nitrogens with zero attached hydrogens (tertiary/aromatic N) is 1. The van der Waals surface area contributed by atoms with Crippen molar-refractivity contribution in [2.24, 2.45) is 10.7 Å². The SMILES string of the molecule is CC(C)(CN=C(N)Nc1ccc2c(c1)OCCCO2)c1ccccc1F. The normalized spacial score (nSPS) is 14.7. The Labute approximate surface area is 153 Å². The zero-order valence-corrected chi connectivity index (χ0v) is 15.1. The van der Waals surface area contributed by atoms with Gasteiger partial charge in [0, 0.05) is 23.6 Å². The molecule has 0 spiro atoms. The molecule has 2 aromatic rings. The maximum Gasteiger partial charge on any atom is 0.193 e.